The lowest BCUT2D eigenvalue weighted by atomic mass is 9.99. The largest absolute Gasteiger partial charge is 0.472 e. The third-order valence-electron chi connectivity index (χ3n) is 18.7. The Bertz CT molecular complexity index is 1860. The number of carbonyl (C=O) groups is 4. The first-order valence-corrected chi connectivity index (χ1v) is 43.1. The molecule has 0 saturated carbocycles. The Balaban J connectivity index is 5.23. The van der Waals surface area contributed by atoms with E-state index in [1.54, 1.807) is 0 Å². The van der Waals surface area contributed by atoms with Crippen molar-refractivity contribution in [1.82, 2.24) is 0 Å². The van der Waals surface area contributed by atoms with E-state index in [0.29, 0.717) is 25.7 Å². The van der Waals surface area contributed by atoms with Gasteiger partial charge in [0.25, 0.3) is 0 Å². The summed E-state index contributed by atoms with van der Waals surface area (Å²) < 4.78 is 68.5. The number of hydrogen-bond acceptors (Lipinski definition) is 15. The molecule has 0 rings (SSSR count). The molecule has 570 valence electrons. The van der Waals surface area contributed by atoms with E-state index >= 15 is 0 Å². The predicted molar refractivity (Wildman–Crippen MR) is 391 cm³/mol. The van der Waals surface area contributed by atoms with E-state index in [4.69, 9.17) is 37.0 Å². The van der Waals surface area contributed by atoms with E-state index in [1.165, 1.54) is 212 Å². The fourth-order valence-electron chi connectivity index (χ4n) is 11.8. The summed E-state index contributed by atoms with van der Waals surface area (Å²) in [5.74, 6) is -0.574. The van der Waals surface area contributed by atoms with Crippen molar-refractivity contribution >= 4 is 39.5 Å². The van der Waals surface area contributed by atoms with Gasteiger partial charge < -0.3 is 33.8 Å². The first-order chi connectivity index (χ1) is 46.4. The van der Waals surface area contributed by atoms with Crippen LogP contribution in [0.4, 0.5) is 0 Å². The minimum Gasteiger partial charge on any atom is -0.462 e. The van der Waals surface area contributed by atoms with Crippen LogP contribution in [0.25, 0.3) is 0 Å². The van der Waals surface area contributed by atoms with Crippen molar-refractivity contribution in [2.45, 2.75) is 419 Å². The number of hydrogen-bond donors (Lipinski definition) is 3. The number of carbonyl (C=O) groups excluding carboxylic acids is 4. The second-order valence-electron chi connectivity index (χ2n) is 28.2. The lowest BCUT2D eigenvalue weighted by molar-refractivity contribution is -0.161. The van der Waals surface area contributed by atoms with Gasteiger partial charge >= 0.3 is 39.5 Å². The zero-order valence-electron chi connectivity index (χ0n) is 62.7. The van der Waals surface area contributed by atoms with Crippen molar-refractivity contribution in [1.29, 1.82) is 0 Å². The number of unbranched alkanes of at least 4 members (excludes halogenated alkanes) is 44. The van der Waals surface area contributed by atoms with E-state index in [0.717, 1.165) is 108 Å². The van der Waals surface area contributed by atoms with E-state index in [2.05, 4.69) is 41.5 Å². The molecule has 96 heavy (non-hydrogen) atoms. The van der Waals surface area contributed by atoms with Crippen LogP contribution in [-0.2, 0) is 65.4 Å². The molecule has 0 radical (unpaired) electrons. The van der Waals surface area contributed by atoms with Gasteiger partial charge in [0.2, 0.25) is 0 Å². The van der Waals surface area contributed by atoms with Gasteiger partial charge in [-0.05, 0) is 37.5 Å². The quantitative estimate of drug-likeness (QED) is 0.0222. The average Bonchev–Trinajstić information content (AvgIpc) is 1.46. The topological polar surface area (TPSA) is 237 Å². The summed E-state index contributed by atoms with van der Waals surface area (Å²) in [5, 5.41) is 10.6. The van der Waals surface area contributed by atoms with E-state index < -0.39 is 97.5 Å². The average molecular weight is 1410 g/mol. The Morgan fingerprint density at radius 1 is 0.292 bits per heavy atom. The Kier molecular flexibility index (Phi) is 67.4. The molecule has 7 atom stereocenters. The lowest BCUT2D eigenvalue weighted by Gasteiger charge is -2.21. The van der Waals surface area contributed by atoms with E-state index in [-0.39, 0.29) is 25.7 Å². The minimum absolute atomic E-state index is 0.106. The number of ether oxygens (including phenoxy) is 4. The second kappa shape index (κ2) is 68.8. The van der Waals surface area contributed by atoms with E-state index in [1.807, 2.05) is 0 Å². The molecule has 0 fully saturated rings. The van der Waals surface area contributed by atoms with Crippen LogP contribution in [-0.4, -0.2) is 96.7 Å². The third-order valence-corrected chi connectivity index (χ3v) is 20.6. The predicted octanol–water partition coefficient (Wildman–Crippen LogP) is 22.7. The van der Waals surface area contributed by atoms with Crippen molar-refractivity contribution in [3.8, 4) is 0 Å². The van der Waals surface area contributed by atoms with Gasteiger partial charge in [-0.1, -0.05) is 350 Å². The molecule has 0 aromatic heterocycles. The lowest BCUT2D eigenvalue weighted by Crippen LogP contribution is -2.30. The molecule has 0 aliphatic rings. The molecule has 0 aromatic carbocycles. The van der Waals surface area contributed by atoms with Gasteiger partial charge in [-0.2, -0.15) is 0 Å². The smallest absolute Gasteiger partial charge is 0.462 e. The molecule has 0 spiro atoms. The summed E-state index contributed by atoms with van der Waals surface area (Å²) in [5.41, 5.74) is 0. The van der Waals surface area contributed by atoms with Crippen molar-refractivity contribution in [2.24, 2.45) is 11.8 Å². The standard InChI is InChI=1S/C77H150O17P2/c1-7-11-13-15-17-19-21-23-24-25-26-27-28-29-30-32-38-42-50-56-62-77(82)93-72(65-87-74(79)59-53-47-40-36-34-33-35-39-45-51-57-69(5)9-3)67-91-95(83,84)89-63-71(78)64-90-96(85,86)92-68-73(66-88-75(80)60-54-48-44-43-46-52-58-70(6)10-4)94-76(81)61-55-49-41-37-31-22-20-18-16-14-12-8-2/h69-73,78H,7-68H2,1-6H3,(H,83,84)(H,85,86)/t69?,70?,71-,72-,73-/m1/s1. The van der Waals surface area contributed by atoms with Crippen molar-refractivity contribution in [3.63, 3.8) is 0 Å². The van der Waals surface area contributed by atoms with Crippen molar-refractivity contribution < 1.29 is 80.2 Å². The van der Waals surface area contributed by atoms with Crippen molar-refractivity contribution in [2.75, 3.05) is 39.6 Å². The van der Waals surface area contributed by atoms with Crippen LogP contribution >= 0.6 is 15.6 Å². The van der Waals surface area contributed by atoms with Gasteiger partial charge in [0.05, 0.1) is 26.4 Å². The van der Waals surface area contributed by atoms with Crippen LogP contribution in [0.3, 0.4) is 0 Å². The number of esters is 4. The highest BCUT2D eigenvalue weighted by Crippen LogP contribution is 2.45. The molecule has 0 bridgehead atoms. The maximum Gasteiger partial charge on any atom is 0.472 e. The molecular weight excluding hydrogens is 1260 g/mol. The second-order valence-corrected chi connectivity index (χ2v) is 31.1. The molecule has 0 heterocycles. The highest BCUT2D eigenvalue weighted by molar-refractivity contribution is 7.47. The number of aliphatic hydroxyl groups excluding tert-OH is 1. The monoisotopic (exact) mass is 1410 g/mol. The van der Waals surface area contributed by atoms with Crippen molar-refractivity contribution in [3.05, 3.63) is 0 Å². The Hall–Kier alpha value is -1.94. The minimum atomic E-state index is -4.96. The number of rotatable bonds is 76. The summed E-state index contributed by atoms with van der Waals surface area (Å²) in [4.78, 5) is 72.8. The van der Waals surface area contributed by atoms with Crippen LogP contribution in [0.2, 0.25) is 0 Å². The van der Waals surface area contributed by atoms with Gasteiger partial charge in [0.15, 0.2) is 12.2 Å². The Morgan fingerprint density at radius 2 is 0.500 bits per heavy atom. The molecule has 17 nitrogen and oxygen atoms in total. The number of phosphoric ester groups is 2. The Labute approximate surface area is 588 Å². The summed E-state index contributed by atoms with van der Waals surface area (Å²) in [6.07, 6.45) is 56.9. The normalized spacial score (nSPS) is 14.6. The SMILES string of the molecule is CCCCCCCCCCCCCCCCCCCCCCC(=O)O[C@H](COC(=O)CCCCCCCCCCCCC(C)CC)COP(=O)(O)OC[C@@H](O)COP(=O)(O)OC[C@@H](COC(=O)CCCCCCCCC(C)CC)OC(=O)CCCCCCCCCCCCCC. The molecule has 19 heteroatoms. The summed E-state index contributed by atoms with van der Waals surface area (Å²) in [7, 11) is -9.91. The molecule has 0 aliphatic heterocycles. The summed E-state index contributed by atoms with van der Waals surface area (Å²) >= 11 is 0. The van der Waals surface area contributed by atoms with E-state index in [9.17, 15) is 43.2 Å². The maximum absolute atomic E-state index is 13.1. The molecule has 0 aromatic rings. The first kappa shape index (κ1) is 94.1. The molecule has 4 unspecified atom stereocenters. The van der Waals surface area contributed by atoms with Gasteiger partial charge in [0, 0.05) is 25.7 Å². The van der Waals surface area contributed by atoms with Crippen LogP contribution in [0.5, 0.6) is 0 Å². The highest BCUT2D eigenvalue weighted by Gasteiger charge is 2.30. The zero-order chi connectivity index (χ0) is 70.7. The van der Waals surface area contributed by atoms with Gasteiger partial charge in [-0.15, -0.1) is 0 Å². The van der Waals surface area contributed by atoms with Crippen LogP contribution in [0.1, 0.15) is 401 Å². The zero-order valence-corrected chi connectivity index (χ0v) is 64.5. The van der Waals surface area contributed by atoms with Gasteiger partial charge in [-0.25, -0.2) is 9.13 Å². The van der Waals surface area contributed by atoms with Crippen LogP contribution in [0.15, 0.2) is 0 Å². The molecule has 3 N–H and O–H groups in total. The maximum atomic E-state index is 13.1. The fraction of sp³-hybridized carbons (Fsp3) is 0.948. The Morgan fingerprint density at radius 3 is 0.740 bits per heavy atom. The van der Waals surface area contributed by atoms with Crippen LogP contribution < -0.4 is 0 Å². The van der Waals surface area contributed by atoms with Gasteiger partial charge in [-0.3, -0.25) is 37.3 Å². The first-order valence-electron chi connectivity index (χ1n) is 40.1. The third kappa shape index (κ3) is 67.9. The summed E-state index contributed by atoms with van der Waals surface area (Å²) in [6, 6.07) is 0. The molecular formula is C77H150O17P2. The highest BCUT2D eigenvalue weighted by atomic mass is 31.2. The van der Waals surface area contributed by atoms with Gasteiger partial charge in [0.1, 0.15) is 19.3 Å². The molecule has 0 amide bonds. The number of phosphoric acid groups is 2. The van der Waals surface area contributed by atoms with Crippen LogP contribution in [0, 0.1) is 11.8 Å². The number of aliphatic hydroxyl groups is 1. The molecule has 0 saturated heterocycles. The fourth-order valence-corrected chi connectivity index (χ4v) is 13.3. The summed E-state index contributed by atoms with van der Waals surface area (Å²) in [6.45, 7) is 9.59. The molecule has 0 aliphatic carbocycles.